The van der Waals surface area contributed by atoms with Gasteiger partial charge in [-0.3, -0.25) is 0 Å². The van der Waals surface area contributed by atoms with Gasteiger partial charge in [0, 0.05) is 6.04 Å². The van der Waals surface area contributed by atoms with Crippen molar-refractivity contribution in [1.29, 1.82) is 0 Å². The van der Waals surface area contributed by atoms with Crippen LogP contribution in [0.25, 0.3) is 0 Å². The molecule has 202 valence electrons. The first kappa shape index (κ1) is 33.4. The molecule has 34 heavy (non-hydrogen) atoms. The van der Waals surface area contributed by atoms with Crippen molar-refractivity contribution in [1.82, 2.24) is 4.90 Å². The lowest BCUT2D eigenvalue weighted by atomic mass is 9.99. The molecule has 0 aliphatic rings. The highest BCUT2D eigenvalue weighted by molar-refractivity contribution is 4.92. The van der Waals surface area contributed by atoms with Crippen LogP contribution in [0.3, 0.4) is 0 Å². The van der Waals surface area contributed by atoms with Crippen molar-refractivity contribution in [3.63, 3.8) is 0 Å². The lowest BCUT2D eigenvalue weighted by Gasteiger charge is -2.24. The molecule has 0 aromatic carbocycles. The fourth-order valence-corrected chi connectivity index (χ4v) is 4.90. The number of allylic oxidation sites excluding steroid dienone is 4. The zero-order valence-electron chi connectivity index (χ0n) is 24.3. The summed E-state index contributed by atoms with van der Waals surface area (Å²) in [6.07, 6.45) is 42.9. The Bertz CT molecular complexity index is 422. The fourth-order valence-electron chi connectivity index (χ4n) is 4.90. The molecule has 0 aliphatic heterocycles. The highest BCUT2D eigenvalue weighted by atomic mass is 15.1. The zero-order chi connectivity index (χ0) is 25.0. The SMILES string of the molecule is CCCCCC=CCC=CCCCCCCCCCCCC(CCCCCCCCC)N(C)C. The van der Waals surface area contributed by atoms with Crippen molar-refractivity contribution in [2.24, 2.45) is 0 Å². The summed E-state index contributed by atoms with van der Waals surface area (Å²) in [6.45, 7) is 4.58. The van der Waals surface area contributed by atoms with Crippen molar-refractivity contribution < 1.29 is 0 Å². The van der Waals surface area contributed by atoms with Gasteiger partial charge in [-0.1, -0.05) is 147 Å². The second-order valence-electron chi connectivity index (χ2n) is 11.0. The highest BCUT2D eigenvalue weighted by Crippen LogP contribution is 2.17. The van der Waals surface area contributed by atoms with Crippen LogP contribution in [0.15, 0.2) is 24.3 Å². The second kappa shape index (κ2) is 28.7. The summed E-state index contributed by atoms with van der Waals surface area (Å²) in [5.41, 5.74) is 0. The van der Waals surface area contributed by atoms with Crippen LogP contribution < -0.4 is 0 Å². The Balaban J connectivity index is 3.42. The van der Waals surface area contributed by atoms with Gasteiger partial charge < -0.3 is 4.90 Å². The van der Waals surface area contributed by atoms with Crippen LogP contribution in [0.1, 0.15) is 168 Å². The quantitative estimate of drug-likeness (QED) is 0.0843. The molecule has 0 radical (unpaired) electrons. The van der Waals surface area contributed by atoms with E-state index in [9.17, 15) is 0 Å². The maximum Gasteiger partial charge on any atom is 0.00891 e. The van der Waals surface area contributed by atoms with Gasteiger partial charge >= 0.3 is 0 Å². The van der Waals surface area contributed by atoms with Crippen LogP contribution in [0.5, 0.6) is 0 Å². The summed E-state index contributed by atoms with van der Waals surface area (Å²) >= 11 is 0. The highest BCUT2D eigenvalue weighted by Gasteiger charge is 2.10. The first-order valence-electron chi connectivity index (χ1n) is 15.7. The molecule has 1 unspecified atom stereocenters. The van der Waals surface area contributed by atoms with Crippen LogP contribution in [0.2, 0.25) is 0 Å². The van der Waals surface area contributed by atoms with Gasteiger partial charge in [0.05, 0.1) is 0 Å². The van der Waals surface area contributed by atoms with E-state index in [2.05, 4.69) is 57.1 Å². The van der Waals surface area contributed by atoms with E-state index in [1.165, 1.54) is 148 Å². The molecule has 1 heteroatoms. The summed E-state index contributed by atoms with van der Waals surface area (Å²) in [4.78, 5) is 2.48. The fraction of sp³-hybridized carbons (Fsp3) is 0.879. The van der Waals surface area contributed by atoms with Crippen LogP contribution in [0, 0.1) is 0 Å². The summed E-state index contributed by atoms with van der Waals surface area (Å²) < 4.78 is 0. The third-order valence-electron chi connectivity index (χ3n) is 7.36. The number of nitrogens with zero attached hydrogens (tertiary/aromatic N) is 1. The molecule has 0 saturated carbocycles. The minimum Gasteiger partial charge on any atom is -0.306 e. The first-order valence-corrected chi connectivity index (χ1v) is 15.7. The third-order valence-corrected chi connectivity index (χ3v) is 7.36. The molecule has 1 atom stereocenters. The third kappa shape index (κ3) is 26.1. The minimum absolute atomic E-state index is 0.812. The molecule has 0 amide bonds. The van der Waals surface area contributed by atoms with E-state index < -0.39 is 0 Å². The van der Waals surface area contributed by atoms with Crippen molar-refractivity contribution in [3.8, 4) is 0 Å². The maximum absolute atomic E-state index is 2.48. The van der Waals surface area contributed by atoms with E-state index in [-0.39, 0.29) is 0 Å². The Hall–Kier alpha value is -0.560. The number of unbranched alkanes of at least 4 members (excludes halogenated alkanes) is 18. The van der Waals surface area contributed by atoms with Gasteiger partial charge in [0.2, 0.25) is 0 Å². The maximum atomic E-state index is 2.48. The van der Waals surface area contributed by atoms with E-state index in [0.29, 0.717) is 0 Å². The average molecular weight is 476 g/mol. The zero-order valence-corrected chi connectivity index (χ0v) is 24.3. The van der Waals surface area contributed by atoms with Gasteiger partial charge in [-0.05, 0) is 59.0 Å². The van der Waals surface area contributed by atoms with Crippen molar-refractivity contribution in [2.75, 3.05) is 14.1 Å². The molecular weight excluding hydrogens is 410 g/mol. The summed E-state index contributed by atoms with van der Waals surface area (Å²) in [5, 5.41) is 0. The Morgan fingerprint density at radius 1 is 0.441 bits per heavy atom. The van der Waals surface area contributed by atoms with E-state index in [0.717, 1.165) is 12.5 Å². The Morgan fingerprint density at radius 3 is 1.24 bits per heavy atom. The van der Waals surface area contributed by atoms with E-state index in [1.54, 1.807) is 0 Å². The topological polar surface area (TPSA) is 3.24 Å². The van der Waals surface area contributed by atoms with E-state index in [1.807, 2.05) is 0 Å². The van der Waals surface area contributed by atoms with Gasteiger partial charge in [-0.2, -0.15) is 0 Å². The van der Waals surface area contributed by atoms with E-state index in [4.69, 9.17) is 0 Å². The predicted molar refractivity (Wildman–Crippen MR) is 158 cm³/mol. The number of rotatable bonds is 27. The second-order valence-corrected chi connectivity index (χ2v) is 11.0. The lowest BCUT2D eigenvalue weighted by Crippen LogP contribution is -2.27. The van der Waals surface area contributed by atoms with Crippen LogP contribution in [0.4, 0.5) is 0 Å². The van der Waals surface area contributed by atoms with Crippen molar-refractivity contribution >= 4 is 0 Å². The van der Waals surface area contributed by atoms with Gasteiger partial charge in [-0.15, -0.1) is 0 Å². The largest absolute Gasteiger partial charge is 0.306 e. The monoisotopic (exact) mass is 476 g/mol. The molecule has 0 N–H and O–H groups in total. The molecule has 0 aromatic heterocycles. The molecular formula is C33H65N. The van der Waals surface area contributed by atoms with Crippen molar-refractivity contribution in [3.05, 3.63) is 24.3 Å². The number of hydrogen-bond acceptors (Lipinski definition) is 1. The summed E-state index contributed by atoms with van der Waals surface area (Å²) in [6, 6.07) is 0.812. The summed E-state index contributed by atoms with van der Waals surface area (Å²) in [7, 11) is 4.57. The lowest BCUT2D eigenvalue weighted by molar-refractivity contribution is 0.251. The van der Waals surface area contributed by atoms with E-state index >= 15 is 0 Å². The molecule has 0 spiro atoms. The molecule has 0 heterocycles. The Kier molecular flexibility index (Phi) is 28.2. The smallest absolute Gasteiger partial charge is 0.00891 e. The first-order chi connectivity index (χ1) is 16.7. The minimum atomic E-state index is 0.812. The molecule has 0 aliphatic carbocycles. The molecule has 1 nitrogen and oxygen atoms in total. The molecule has 0 bridgehead atoms. The van der Waals surface area contributed by atoms with Gasteiger partial charge in [0.1, 0.15) is 0 Å². The molecule has 0 aromatic rings. The van der Waals surface area contributed by atoms with Gasteiger partial charge in [-0.25, -0.2) is 0 Å². The number of hydrogen-bond donors (Lipinski definition) is 0. The molecule has 0 saturated heterocycles. The Morgan fingerprint density at radius 2 is 0.794 bits per heavy atom. The average Bonchev–Trinajstić information content (AvgIpc) is 2.83. The van der Waals surface area contributed by atoms with Crippen LogP contribution in [-0.2, 0) is 0 Å². The van der Waals surface area contributed by atoms with Gasteiger partial charge in [0.15, 0.2) is 0 Å². The molecule has 0 fully saturated rings. The van der Waals surface area contributed by atoms with Crippen LogP contribution in [-0.4, -0.2) is 25.0 Å². The van der Waals surface area contributed by atoms with Crippen molar-refractivity contribution in [2.45, 2.75) is 174 Å². The Labute approximate surface area is 217 Å². The van der Waals surface area contributed by atoms with Gasteiger partial charge in [0.25, 0.3) is 0 Å². The standard InChI is InChI=1S/C33H65N/c1-5-7-9-11-13-14-15-16-17-18-19-20-21-22-23-24-26-28-30-32-33(34(3)4)31-29-27-25-12-10-8-6-2/h13-14,16-17,33H,5-12,15,18-32H2,1-4H3. The van der Waals surface area contributed by atoms with Crippen LogP contribution >= 0.6 is 0 Å². The normalized spacial score (nSPS) is 13.1. The predicted octanol–water partition coefficient (Wildman–Crippen LogP) is 11.4. The molecule has 0 rings (SSSR count). The summed E-state index contributed by atoms with van der Waals surface area (Å²) in [5.74, 6) is 0.